The van der Waals surface area contributed by atoms with Crippen LogP contribution in [0.1, 0.15) is 49.3 Å². The van der Waals surface area contributed by atoms with Crippen molar-refractivity contribution < 1.29 is 5.11 Å². The first-order valence-electron chi connectivity index (χ1n) is 8.59. The van der Waals surface area contributed by atoms with Crippen LogP contribution in [0.2, 0.25) is 0 Å². The Labute approximate surface area is 127 Å². The standard InChI is InChI=1S/C18H26N2O/c21-16-6-7-17-14(10-16)2-1-3-18(17)19-11-13-8-9-20(12-13)15-4-5-15/h6-7,10,13,15,18-19,21H,1-5,8-9,11-12H2. The molecule has 3 aliphatic rings. The Kier molecular flexibility index (Phi) is 3.64. The van der Waals surface area contributed by atoms with Gasteiger partial charge in [-0.1, -0.05) is 6.07 Å². The van der Waals surface area contributed by atoms with Gasteiger partial charge in [0.05, 0.1) is 0 Å². The normalized spacial score (nSPS) is 29.5. The first kappa shape index (κ1) is 13.6. The highest BCUT2D eigenvalue weighted by Gasteiger charge is 2.34. The predicted octanol–water partition coefficient (Wildman–Crippen LogP) is 2.84. The molecule has 4 rings (SSSR count). The van der Waals surface area contributed by atoms with E-state index in [1.54, 1.807) is 0 Å². The summed E-state index contributed by atoms with van der Waals surface area (Å²) < 4.78 is 0. The molecule has 2 aliphatic carbocycles. The van der Waals surface area contributed by atoms with E-state index < -0.39 is 0 Å². The maximum atomic E-state index is 9.64. The zero-order valence-corrected chi connectivity index (χ0v) is 12.7. The van der Waals surface area contributed by atoms with Crippen molar-refractivity contribution in [2.75, 3.05) is 19.6 Å². The molecule has 2 unspecified atom stereocenters. The first-order valence-corrected chi connectivity index (χ1v) is 8.59. The summed E-state index contributed by atoms with van der Waals surface area (Å²) in [4.78, 5) is 2.69. The molecule has 1 aliphatic heterocycles. The Morgan fingerprint density at radius 3 is 2.95 bits per heavy atom. The average Bonchev–Trinajstić information content (AvgIpc) is 3.24. The van der Waals surface area contributed by atoms with Crippen molar-refractivity contribution in [2.24, 2.45) is 5.92 Å². The number of hydrogen-bond donors (Lipinski definition) is 2. The van der Waals surface area contributed by atoms with Gasteiger partial charge in [-0.3, -0.25) is 0 Å². The number of nitrogens with zero attached hydrogens (tertiary/aromatic N) is 1. The summed E-state index contributed by atoms with van der Waals surface area (Å²) >= 11 is 0. The SMILES string of the molecule is Oc1ccc2c(c1)CCCC2NCC1CCN(C2CC2)C1. The minimum Gasteiger partial charge on any atom is -0.508 e. The topological polar surface area (TPSA) is 35.5 Å². The van der Waals surface area contributed by atoms with Crippen molar-refractivity contribution in [3.05, 3.63) is 29.3 Å². The van der Waals surface area contributed by atoms with Crippen LogP contribution in [0.3, 0.4) is 0 Å². The Morgan fingerprint density at radius 1 is 1.19 bits per heavy atom. The third kappa shape index (κ3) is 2.95. The Hall–Kier alpha value is -1.06. The molecule has 1 heterocycles. The van der Waals surface area contributed by atoms with E-state index in [4.69, 9.17) is 0 Å². The van der Waals surface area contributed by atoms with Gasteiger partial charge in [-0.15, -0.1) is 0 Å². The Bertz CT molecular complexity index is 512. The quantitative estimate of drug-likeness (QED) is 0.893. The Morgan fingerprint density at radius 2 is 2.10 bits per heavy atom. The van der Waals surface area contributed by atoms with Gasteiger partial charge in [0.25, 0.3) is 0 Å². The third-order valence-corrected chi connectivity index (χ3v) is 5.47. The van der Waals surface area contributed by atoms with E-state index in [1.807, 2.05) is 12.1 Å². The smallest absolute Gasteiger partial charge is 0.115 e. The second-order valence-corrected chi connectivity index (χ2v) is 7.12. The largest absolute Gasteiger partial charge is 0.508 e. The predicted molar refractivity (Wildman–Crippen MR) is 84.5 cm³/mol. The van der Waals surface area contributed by atoms with Crippen molar-refractivity contribution in [3.63, 3.8) is 0 Å². The highest BCUT2D eigenvalue weighted by Crippen LogP contribution is 2.34. The summed E-state index contributed by atoms with van der Waals surface area (Å²) in [6.07, 6.45) is 7.79. The molecule has 3 heteroatoms. The molecule has 1 aromatic carbocycles. The minimum absolute atomic E-state index is 0.408. The summed E-state index contributed by atoms with van der Waals surface area (Å²) in [7, 11) is 0. The summed E-state index contributed by atoms with van der Waals surface area (Å²) in [5.74, 6) is 1.23. The van der Waals surface area contributed by atoms with Crippen LogP contribution in [0.4, 0.5) is 0 Å². The van der Waals surface area contributed by atoms with E-state index in [9.17, 15) is 5.11 Å². The molecular formula is C18H26N2O. The van der Waals surface area contributed by atoms with Gasteiger partial charge in [0, 0.05) is 18.6 Å². The zero-order chi connectivity index (χ0) is 14.2. The first-order chi connectivity index (χ1) is 10.3. The minimum atomic E-state index is 0.408. The molecule has 1 saturated carbocycles. The monoisotopic (exact) mass is 286 g/mol. The van der Waals surface area contributed by atoms with Gasteiger partial charge in [-0.25, -0.2) is 0 Å². The summed E-state index contributed by atoms with van der Waals surface area (Å²) in [5, 5.41) is 13.4. The molecule has 0 radical (unpaired) electrons. The fourth-order valence-corrected chi connectivity index (χ4v) is 4.12. The molecule has 2 atom stereocenters. The van der Waals surface area contributed by atoms with E-state index in [0.29, 0.717) is 11.8 Å². The van der Waals surface area contributed by atoms with Crippen LogP contribution < -0.4 is 5.32 Å². The van der Waals surface area contributed by atoms with Crippen LogP contribution in [0.5, 0.6) is 5.75 Å². The van der Waals surface area contributed by atoms with Crippen LogP contribution in [0.15, 0.2) is 18.2 Å². The molecular weight excluding hydrogens is 260 g/mol. The molecule has 21 heavy (non-hydrogen) atoms. The van der Waals surface area contributed by atoms with E-state index in [1.165, 1.54) is 56.3 Å². The molecule has 1 saturated heterocycles. The van der Waals surface area contributed by atoms with Gasteiger partial charge in [0.1, 0.15) is 5.75 Å². The van der Waals surface area contributed by atoms with Crippen molar-refractivity contribution in [1.29, 1.82) is 0 Å². The summed E-state index contributed by atoms with van der Waals surface area (Å²) in [6.45, 7) is 3.76. The fourth-order valence-electron chi connectivity index (χ4n) is 4.12. The van der Waals surface area contributed by atoms with Crippen molar-refractivity contribution in [1.82, 2.24) is 10.2 Å². The van der Waals surface area contributed by atoms with Gasteiger partial charge in [-0.05, 0) is 80.8 Å². The average molecular weight is 286 g/mol. The molecule has 3 nitrogen and oxygen atoms in total. The lowest BCUT2D eigenvalue weighted by molar-refractivity contribution is 0.307. The zero-order valence-electron chi connectivity index (χ0n) is 12.7. The number of phenolic OH excluding ortho intramolecular Hbond substituents is 1. The number of aryl methyl sites for hydroxylation is 1. The molecule has 0 bridgehead atoms. The van der Waals surface area contributed by atoms with Crippen LogP contribution in [-0.2, 0) is 6.42 Å². The van der Waals surface area contributed by atoms with Crippen LogP contribution in [0.25, 0.3) is 0 Å². The molecule has 114 valence electrons. The number of phenols is 1. The number of hydrogen-bond acceptors (Lipinski definition) is 3. The number of aromatic hydroxyl groups is 1. The highest BCUT2D eigenvalue weighted by molar-refractivity contribution is 5.38. The summed E-state index contributed by atoms with van der Waals surface area (Å²) in [5.41, 5.74) is 2.75. The number of nitrogens with one attached hydrogen (secondary N) is 1. The van der Waals surface area contributed by atoms with Crippen LogP contribution in [-0.4, -0.2) is 35.7 Å². The lowest BCUT2D eigenvalue weighted by Crippen LogP contribution is -2.31. The van der Waals surface area contributed by atoms with E-state index in [2.05, 4.69) is 16.3 Å². The number of benzene rings is 1. The van der Waals surface area contributed by atoms with Crippen molar-refractivity contribution in [2.45, 2.75) is 50.6 Å². The maximum absolute atomic E-state index is 9.64. The van der Waals surface area contributed by atoms with Gasteiger partial charge in [-0.2, -0.15) is 0 Å². The number of likely N-dealkylation sites (tertiary alicyclic amines) is 1. The van der Waals surface area contributed by atoms with Crippen LogP contribution in [0, 0.1) is 5.92 Å². The maximum Gasteiger partial charge on any atom is 0.115 e. The van der Waals surface area contributed by atoms with Crippen LogP contribution >= 0.6 is 0 Å². The molecule has 2 fully saturated rings. The highest BCUT2D eigenvalue weighted by atomic mass is 16.3. The molecule has 0 spiro atoms. The second kappa shape index (κ2) is 5.62. The molecule has 0 amide bonds. The molecule has 1 aromatic rings. The lowest BCUT2D eigenvalue weighted by Gasteiger charge is -2.28. The van der Waals surface area contributed by atoms with Gasteiger partial charge in [0.2, 0.25) is 0 Å². The fraction of sp³-hybridized carbons (Fsp3) is 0.667. The Balaban J connectivity index is 1.35. The summed E-state index contributed by atoms with van der Waals surface area (Å²) in [6, 6.07) is 7.32. The van der Waals surface area contributed by atoms with Gasteiger partial charge in [0.15, 0.2) is 0 Å². The van der Waals surface area contributed by atoms with E-state index in [-0.39, 0.29) is 0 Å². The lowest BCUT2D eigenvalue weighted by atomic mass is 9.87. The van der Waals surface area contributed by atoms with Crippen molar-refractivity contribution >= 4 is 0 Å². The van der Waals surface area contributed by atoms with E-state index in [0.717, 1.165) is 24.9 Å². The molecule has 0 aromatic heterocycles. The molecule has 2 N–H and O–H groups in total. The second-order valence-electron chi connectivity index (χ2n) is 7.12. The number of fused-ring (bicyclic) bond motifs is 1. The van der Waals surface area contributed by atoms with Crippen molar-refractivity contribution in [3.8, 4) is 5.75 Å². The number of rotatable bonds is 4. The van der Waals surface area contributed by atoms with E-state index >= 15 is 0 Å². The van der Waals surface area contributed by atoms with Gasteiger partial charge < -0.3 is 15.3 Å². The third-order valence-electron chi connectivity index (χ3n) is 5.47. The van der Waals surface area contributed by atoms with Gasteiger partial charge >= 0.3 is 0 Å².